The smallest absolute Gasteiger partial charge is 0.114 e. The maximum Gasteiger partial charge on any atom is 0.114 e. The number of nitrogens with zero attached hydrogens (tertiary/aromatic N) is 2. The molecule has 0 atom stereocenters. The van der Waals surface area contributed by atoms with E-state index in [1.165, 1.54) is 33.3 Å². The normalized spacial score (nSPS) is 11.1. The molecule has 2 nitrogen and oxygen atoms in total. The van der Waals surface area contributed by atoms with Gasteiger partial charge in [0.05, 0.1) is 11.0 Å². The molecule has 0 aliphatic rings. The molecule has 0 saturated heterocycles. The van der Waals surface area contributed by atoms with Crippen LogP contribution >= 0.6 is 0 Å². The lowest BCUT2D eigenvalue weighted by Gasteiger charge is -2.11. The summed E-state index contributed by atoms with van der Waals surface area (Å²) in [5.41, 5.74) is 8.59. The molecule has 30 heavy (non-hydrogen) atoms. The lowest BCUT2D eigenvalue weighted by molar-refractivity contribution is 0.762. The molecule has 2 heteroatoms. The average molecular weight is 389 g/mol. The summed E-state index contributed by atoms with van der Waals surface area (Å²) in [6, 6.07) is 36.6. The number of aryl methyl sites for hydroxylation is 1. The predicted octanol–water partition coefficient (Wildman–Crippen LogP) is 6.65. The van der Waals surface area contributed by atoms with Gasteiger partial charge in [-0.25, -0.2) is 4.98 Å². The standard InChI is InChI=1S/C28H24N2/c1-21-11-13-23(14-12-21)20-30-27-10-6-5-9-26(27)29-28(30)19-22-15-17-25(18-16-22)24-7-3-2-4-8-24/h2-18H,19-20H2,1H3. The summed E-state index contributed by atoms with van der Waals surface area (Å²) in [7, 11) is 0. The highest BCUT2D eigenvalue weighted by atomic mass is 15.1. The molecule has 0 fully saturated rings. The van der Waals surface area contributed by atoms with Crippen LogP contribution in [-0.2, 0) is 13.0 Å². The summed E-state index contributed by atoms with van der Waals surface area (Å²) in [6.07, 6.45) is 0.815. The summed E-state index contributed by atoms with van der Waals surface area (Å²) < 4.78 is 2.35. The van der Waals surface area contributed by atoms with Gasteiger partial charge >= 0.3 is 0 Å². The molecule has 0 aliphatic heterocycles. The number of para-hydroxylation sites is 2. The number of hydrogen-bond donors (Lipinski definition) is 0. The molecule has 0 unspecified atom stereocenters. The molecule has 0 spiro atoms. The third kappa shape index (κ3) is 3.77. The van der Waals surface area contributed by atoms with Crippen molar-refractivity contribution in [2.24, 2.45) is 0 Å². The zero-order chi connectivity index (χ0) is 20.3. The first-order valence-electron chi connectivity index (χ1n) is 10.4. The van der Waals surface area contributed by atoms with Gasteiger partial charge in [-0.15, -0.1) is 0 Å². The molecular formula is C28H24N2. The Kier molecular flexibility index (Phi) is 4.90. The topological polar surface area (TPSA) is 17.8 Å². The lowest BCUT2D eigenvalue weighted by Crippen LogP contribution is -2.06. The third-order valence-electron chi connectivity index (χ3n) is 5.62. The highest BCUT2D eigenvalue weighted by molar-refractivity contribution is 5.76. The van der Waals surface area contributed by atoms with Gasteiger partial charge < -0.3 is 4.57 Å². The predicted molar refractivity (Wildman–Crippen MR) is 125 cm³/mol. The van der Waals surface area contributed by atoms with Crippen molar-refractivity contribution >= 4 is 11.0 Å². The van der Waals surface area contributed by atoms with E-state index >= 15 is 0 Å². The maximum atomic E-state index is 4.97. The molecule has 0 amide bonds. The summed E-state index contributed by atoms with van der Waals surface area (Å²) in [4.78, 5) is 4.97. The Bertz CT molecular complexity index is 1260. The second kappa shape index (κ2) is 8.00. The van der Waals surface area contributed by atoms with Crippen molar-refractivity contribution in [3.8, 4) is 11.1 Å². The van der Waals surface area contributed by atoms with E-state index in [1.54, 1.807) is 0 Å². The average Bonchev–Trinajstić information content (AvgIpc) is 3.13. The van der Waals surface area contributed by atoms with Crippen molar-refractivity contribution in [3.05, 3.63) is 126 Å². The third-order valence-corrected chi connectivity index (χ3v) is 5.62. The fourth-order valence-electron chi connectivity index (χ4n) is 3.94. The van der Waals surface area contributed by atoms with Gasteiger partial charge in [0, 0.05) is 13.0 Å². The van der Waals surface area contributed by atoms with Crippen molar-refractivity contribution in [2.45, 2.75) is 19.9 Å². The van der Waals surface area contributed by atoms with E-state index in [1.807, 2.05) is 0 Å². The van der Waals surface area contributed by atoms with E-state index < -0.39 is 0 Å². The zero-order valence-electron chi connectivity index (χ0n) is 17.1. The maximum absolute atomic E-state index is 4.97. The van der Waals surface area contributed by atoms with Crippen LogP contribution in [-0.4, -0.2) is 9.55 Å². The number of hydrogen-bond acceptors (Lipinski definition) is 1. The molecule has 0 bridgehead atoms. The van der Waals surface area contributed by atoms with Gasteiger partial charge in [0.25, 0.3) is 0 Å². The number of aromatic nitrogens is 2. The molecule has 0 aliphatic carbocycles. The van der Waals surface area contributed by atoms with Crippen LogP contribution in [0.2, 0.25) is 0 Å². The first kappa shape index (κ1) is 18.4. The van der Waals surface area contributed by atoms with Crippen molar-refractivity contribution in [1.29, 1.82) is 0 Å². The fourth-order valence-corrected chi connectivity index (χ4v) is 3.94. The Morgan fingerprint density at radius 2 is 1.27 bits per heavy atom. The molecule has 1 heterocycles. The molecule has 1 aromatic heterocycles. The van der Waals surface area contributed by atoms with Crippen molar-refractivity contribution in [3.63, 3.8) is 0 Å². The number of benzene rings is 4. The van der Waals surface area contributed by atoms with E-state index in [4.69, 9.17) is 4.98 Å². The van der Waals surface area contributed by atoms with Gasteiger partial charge in [-0.05, 0) is 41.3 Å². The Labute approximate surface area is 177 Å². The summed E-state index contributed by atoms with van der Waals surface area (Å²) >= 11 is 0. The number of fused-ring (bicyclic) bond motifs is 1. The molecule has 4 aromatic carbocycles. The number of rotatable bonds is 5. The fraction of sp³-hybridized carbons (Fsp3) is 0.107. The Morgan fingerprint density at radius 3 is 2.03 bits per heavy atom. The first-order chi connectivity index (χ1) is 14.8. The first-order valence-corrected chi connectivity index (χ1v) is 10.4. The van der Waals surface area contributed by atoms with Crippen LogP contribution < -0.4 is 0 Å². The van der Waals surface area contributed by atoms with Crippen LogP contribution in [0.4, 0.5) is 0 Å². The largest absolute Gasteiger partial charge is 0.323 e. The van der Waals surface area contributed by atoms with E-state index in [2.05, 4.69) is 115 Å². The van der Waals surface area contributed by atoms with Gasteiger partial charge in [0.2, 0.25) is 0 Å². The second-order valence-electron chi connectivity index (χ2n) is 7.83. The van der Waals surface area contributed by atoms with Crippen LogP contribution in [0.1, 0.15) is 22.5 Å². The molecule has 5 aromatic rings. The van der Waals surface area contributed by atoms with E-state index in [-0.39, 0.29) is 0 Å². The van der Waals surface area contributed by atoms with Gasteiger partial charge in [-0.2, -0.15) is 0 Å². The van der Waals surface area contributed by atoms with Gasteiger partial charge in [0.1, 0.15) is 5.82 Å². The Hall–Kier alpha value is -3.65. The van der Waals surface area contributed by atoms with E-state index in [0.29, 0.717) is 0 Å². The summed E-state index contributed by atoms with van der Waals surface area (Å²) in [6.45, 7) is 2.96. The van der Waals surface area contributed by atoms with Crippen LogP contribution in [0.5, 0.6) is 0 Å². The van der Waals surface area contributed by atoms with Crippen LogP contribution in [0.25, 0.3) is 22.2 Å². The molecular weight excluding hydrogens is 364 g/mol. The Morgan fingerprint density at radius 1 is 0.633 bits per heavy atom. The van der Waals surface area contributed by atoms with Crippen molar-refractivity contribution in [2.75, 3.05) is 0 Å². The monoisotopic (exact) mass is 388 g/mol. The molecule has 0 N–H and O–H groups in total. The number of imidazole rings is 1. The minimum Gasteiger partial charge on any atom is -0.323 e. The zero-order valence-corrected chi connectivity index (χ0v) is 17.1. The lowest BCUT2D eigenvalue weighted by atomic mass is 10.0. The van der Waals surface area contributed by atoms with Crippen LogP contribution in [0.15, 0.2) is 103 Å². The quantitative estimate of drug-likeness (QED) is 0.329. The van der Waals surface area contributed by atoms with Crippen molar-refractivity contribution < 1.29 is 0 Å². The van der Waals surface area contributed by atoms with E-state index in [0.717, 1.165) is 24.3 Å². The van der Waals surface area contributed by atoms with E-state index in [9.17, 15) is 0 Å². The Balaban J connectivity index is 1.47. The van der Waals surface area contributed by atoms with Gasteiger partial charge in [-0.3, -0.25) is 0 Å². The van der Waals surface area contributed by atoms with Crippen LogP contribution in [0.3, 0.4) is 0 Å². The molecule has 0 radical (unpaired) electrons. The van der Waals surface area contributed by atoms with Crippen LogP contribution in [0, 0.1) is 6.92 Å². The molecule has 0 saturated carbocycles. The van der Waals surface area contributed by atoms with Gasteiger partial charge in [-0.1, -0.05) is 96.6 Å². The minimum atomic E-state index is 0.815. The summed E-state index contributed by atoms with van der Waals surface area (Å²) in [5, 5.41) is 0. The van der Waals surface area contributed by atoms with Gasteiger partial charge in [0.15, 0.2) is 0 Å². The SMILES string of the molecule is Cc1ccc(Cn2c(Cc3ccc(-c4ccccc4)cc3)nc3ccccc32)cc1. The summed E-state index contributed by atoms with van der Waals surface area (Å²) in [5.74, 6) is 1.10. The minimum absolute atomic E-state index is 0.815. The molecule has 5 rings (SSSR count). The molecule has 146 valence electrons. The van der Waals surface area contributed by atoms with Crippen molar-refractivity contribution in [1.82, 2.24) is 9.55 Å². The highest BCUT2D eigenvalue weighted by Crippen LogP contribution is 2.23. The second-order valence-corrected chi connectivity index (χ2v) is 7.83. The highest BCUT2D eigenvalue weighted by Gasteiger charge is 2.12.